The maximum atomic E-state index is 12.5. The van der Waals surface area contributed by atoms with Gasteiger partial charge in [-0.05, 0) is 46.3 Å². The number of carbonyl (C=O) groups is 1. The van der Waals surface area contributed by atoms with Crippen molar-refractivity contribution in [3.05, 3.63) is 52.3 Å². The molecule has 1 aromatic carbocycles. The van der Waals surface area contributed by atoms with Gasteiger partial charge in [0.05, 0.1) is 5.56 Å². The molecule has 0 unspecified atom stereocenters. The van der Waals surface area contributed by atoms with Crippen molar-refractivity contribution in [1.29, 1.82) is 5.26 Å². The van der Waals surface area contributed by atoms with Gasteiger partial charge < -0.3 is 10.1 Å². The second kappa shape index (κ2) is 6.93. The summed E-state index contributed by atoms with van der Waals surface area (Å²) in [5.41, 5.74) is 0.275. The summed E-state index contributed by atoms with van der Waals surface area (Å²) in [6.45, 7) is 8.29. The van der Waals surface area contributed by atoms with E-state index in [1.807, 2.05) is 0 Å². The average molecular weight is 429 g/mol. The lowest BCUT2D eigenvalue weighted by atomic mass is 9.49. The predicted octanol–water partition coefficient (Wildman–Crippen LogP) is 3.72. The molecule has 7 heteroatoms. The lowest BCUT2D eigenvalue weighted by Gasteiger charge is -2.63. The Balaban J connectivity index is 1.77. The molecule has 6 nitrogen and oxygen atoms in total. The fourth-order valence-electron chi connectivity index (χ4n) is 4.22. The smallest absolute Gasteiger partial charge is 0.272 e. The van der Waals surface area contributed by atoms with Gasteiger partial charge in [0.25, 0.3) is 5.91 Å². The van der Waals surface area contributed by atoms with E-state index in [-0.39, 0.29) is 28.9 Å². The number of carbonyl (C=O) groups excluding carboxylic acids is 1. The topological polar surface area (TPSA) is 87.9 Å². The second-order valence-electron chi connectivity index (χ2n) is 7.91. The Morgan fingerprint density at radius 3 is 2.52 bits per heavy atom. The summed E-state index contributed by atoms with van der Waals surface area (Å²) in [7, 11) is 0. The molecule has 1 amide bonds. The molecule has 1 N–H and O–H groups in total. The Hall–Kier alpha value is -2.46. The Kier molecular flexibility index (Phi) is 4.96. The molecule has 1 fully saturated rings. The third-order valence-electron chi connectivity index (χ3n) is 5.23. The number of amides is 1. The number of nitrogens with zero attached hydrogens (tertiary/aromatic N) is 3. The fraction of sp³-hybridized carbons (Fsp3) is 0.400. The van der Waals surface area contributed by atoms with Crippen LogP contribution in [-0.4, -0.2) is 28.3 Å². The summed E-state index contributed by atoms with van der Waals surface area (Å²) in [6, 6.07) is 10.7. The van der Waals surface area contributed by atoms with E-state index in [2.05, 4.69) is 65.2 Å². The third kappa shape index (κ3) is 3.42. The van der Waals surface area contributed by atoms with Gasteiger partial charge in [-0.2, -0.15) is 10.4 Å². The van der Waals surface area contributed by atoms with Gasteiger partial charge in [0.15, 0.2) is 5.69 Å². The summed E-state index contributed by atoms with van der Waals surface area (Å²) in [5, 5.41) is 19.8. The van der Waals surface area contributed by atoms with Gasteiger partial charge in [-0.25, -0.2) is 0 Å². The Bertz CT molecular complexity index is 890. The number of aromatic nitrogens is 2. The van der Waals surface area contributed by atoms with E-state index in [1.54, 1.807) is 30.3 Å². The monoisotopic (exact) mass is 428 g/mol. The van der Waals surface area contributed by atoms with Crippen LogP contribution in [0.15, 0.2) is 41.0 Å². The minimum atomic E-state index is -0.290. The molecule has 0 radical (unpaired) electrons. The lowest BCUT2D eigenvalue weighted by molar-refractivity contribution is -0.164. The fourth-order valence-corrected chi connectivity index (χ4v) is 4.67. The molecule has 1 aliphatic carbocycles. The van der Waals surface area contributed by atoms with E-state index < -0.39 is 0 Å². The molecule has 27 heavy (non-hydrogen) atoms. The van der Waals surface area contributed by atoms with Crippen molar-refractivity contribution in [2.24, 2.45) is 10.8 Å². The maximum Gasteiger partial charge on any atom is 0.272 e. The van der Waals surface area contributed by atoms with E-state index in [0.717, 1.165) is 0 Å². The van der Waals surface area contributed by atoms with Crippen LogP contribution in [0.2, 0.25) is 0 Å². The first-order chi connectivity index (χ1) is 12.7. The number of nitrogens with one attached hydrogen (secondary N) is 1. The van der Waals surface area contributed by atoms with Gasteiger partial charge >= 0.3 is 0 Å². The van der Waals surface area contributed by atoms with Crippen LogP contribution in [0.25, 0.3) is 0 Å². The molecule has 1 aromatic heterocycles. The van der Waals surface area contributed by atoms with Crippen molar-refractivity contribution >= 4 is 21.8 Å². The second-order valence-corrected chi connectivity index (χ2v) is 8.76. The highest BCUT2D eigenvalue weighted by atomic mass is 79.9. The number of halogens is 1. The Labute approximate surface area is 167 Å². The number of rotatable bonds is 4. The quantitative estimate of drug-likeness (QED) is 0.801. The van der Waals surface area contributed by atoms with Gasteiger partial charge in [-0.15, -0.1) is 5.10 Å². The van der Waals surface area contributed by atoms with Crippen LogP contribution in [0.4, 0.5) is 0 Å². The summed E-state index contributed by atoms with van der Waals surface area (Å²) >= 11 is 3.39. The van der Waals surface area contributed by atoms with Crippen LogP contribution in [0.5, 0.6) is 5.75 Å². The number of benzene rings is 1. The third-order valence-corrected chi connectivity index (χ3v) is 5.89. The van der Waals surface area contributed by atoms with Crippen LogP contribution >= 0.6 is 15.9 Å². The van der Waals surface area contributed by atoms with E-state index in [9.17, 15) is 4.79 Å². The van der Waals surface area contributed by atoms with Gasteiger partial charge in [0.2, 0.25) is 0 Å². The number of hydrogen-bond donors (Lipinski definition) is 1. The van der Waals surface area contributed by atoms with Gasteiger partial charge in [0.1, 0.15) is 17.9 Å². The van der Waals surface area contributed by atoms with Crippen LogP contribution in [0, 0.1) is 22.2 Å². The van der Waals surface area contributed by atoms with Crippen molar-refractivity contribution in [2.75, 3.05) is 0 Å². The zero-order valence-corrected chi connectivity index (χ0v) is 17.2. The molecular formula is C20H21BrN4O2. The first kappa shape index (κ1) is 19.3. The molecule has 0 atom stereocenters. The van der Waals surface area contributed by atoms with Crippen LogP contribution in [0.1, 0.15) is 43.7 Å². The van der Waals surface area contributed by atoms with Gasteiger partial charge in [-0.3, -0.25) is 4.79 Å². The zero-order valence-electron chi connectivity index (χ0n) is 15.7. The molecule has 1 saturated carbocycles. The molecule has 0 saturated heterocycles. The average Bonchev–Trinajstić information content (AvgIpc) is 2.64. The number of ether oxygens (including phenoxy) is 1. The number of nitriles is 1. The Morgan fingerprint density at radius 1 is 1.26 bits per heavy atom. The highest BCUT2D eigenvalue weighted by Crippen LogP contribution is 2.55. The molecule has 1 aliphatic rings. The molecule has 140 valence electrons. The van der Waals surface area contributed by atoms with E-state index in [1.165, 1.54) is 6.20 Å². The minimum absolute atomic E-state index is 0.0914. The van der Waals surface area contributed by atoms with E-state index in [4.69, 9.17) is 10.00 Å². The molecule has 0 bridgehead atoms. The van der Waals surface area contributed by atoms with Crippen molar-refractivity contribution in [3.8, 4) is 11.8 Å². The standard InChI is InChI=1S/C20H21BrN4O2/c1-19(2)17(24-16(26)15-6-5-9-23-25-15)20(3,4)18(19)27-13-8-7-12(11-22)14(21)10-13/h5-10,17-18H,1-4H3,(H,24,26). The molecule has 0 aliphatic heterocycles. The molecule has 2 aromatic rings. The normalized spacial score (nSPS) is 22.2. The lowest BCUT2D eigenvalue weighted by Crippen LogP contribution is -2.74. The van der Waals surface area contributed by atoms with Crippen LogP contribution in [0.3, 0.4) is 0 Å². The van der Waals surface area contributed by atoms with Crippen molar-refractivity contribution in [3.63, 3.8) is 0 Å². The van der Waals surface area contributed by atoms with Crippen molar-refractivity contribution < 1.29 is 9.53 Å². The SMILES string of the molecule is CC1(C)C(NC(=O)c2cccnn2)C(C)(C)C1Oc1ccc(C#N)c(Br)c1. The summed E-state index contributed by atoms with van der Waals surface area (Å²) in [5.74, 6) is 0.444. The summed E-state index contributed by atoms with van der Waals surface area (Å²) in [6.07, 6.45) is 1.42. The maximum absolute atomic E-state index is 12.5. The van der Waals surface area contributed by atoms with Crippen LogP contribution in [-0.2, 0) is 0 Å². The molecule has 0 spiro atoms. The zero-order chi connectivity index (χ0) is 19.8. The summed E-state index contributed by atoms with van der Waals surface area (Å²) < 4.78 is 6.96. The number of hydrogen-bond acceptors (Lipinski definition) is 5. The van der Waals surface area contributed by atoms with E-state index in [0.29, 0.717) is 21.5 Å². The predicted molar refractivity (Wildman–Crippen MR) is 104 cm³/mol. The molecular weight excluding hydrogens is 408 g/mol. The molecule has 3 rings (SSSR count). The minimum Gasteiger partial charge on any atom is -0.489 e. The highest BCUT2D eigenvalue weighted by Gasteiger charge is 2.64. The highest BCUT2D eigenvalue weighted by molar-refractivity contribution is 9.10. The van der Waals surface area contributed by atoms with E-state index >= 15 is 0 Å². The Morgan fingerprint density at radius 2 is 1.96 bits per heavy atom. The van der Waals surface area contributed by atoms with Crippen molar-refractivity contribution in [1.82, 2.24) is 15.5 Å². The van der Waals surface area contributed by atoms with Crippen molar-refractivity contribution in [2.45, 2.75) is 39.8 Å². The summed E-state index contributed by atoms with van der Waals surface area (Å²) in [4.78, 5) is 12.5. The molecule has 1 heterocycles. The van der Waals surface area contributed by atoms with Gasteiger partial charge in [0, 0.05) is 27.5 Å². The first-order valence-corrected chi connectivity index (χ1v) is 9.42. The van der Waals surface area contributed by atoms with Crippen LogP contribution < -0.4 is 10.1 Å². The first-order valence-electron chi connectivity index (χ1n) is 8.63. The largest absolute Gasteiger partial charge is 0.489 e. The van der Waals surface area contributed by atoms with Gasteiger partial charge in [-0.1, -0.05) is 27.7 Å².